The average molecular weight is 455 g/mol. The number of benzene rings is 2. The van der Waals surface area contributed by atoms with Crippen molar-refractivity contribution in [1.29, 1.82) is 0 Å². The van der Waals surface area contributed by atoms with Gasteiger partial charge < -0.3 is 9.13 Å². The second kappa shape index (κ2) is 8.34. The van der Waals surface area contributed by atoms with Crippen LogP contribution < -0.4 is 5.56 Å². The van der Waals surface area contributed by atoms with E-state index >= 15 is 0 Å². The van der Waals surface area contributed by atoms with E-state index in [2.05, 4.69) is 40.3 Å². The fourth-order valence-electron chi connectivity index (χ4n) is 4.43. The Morgan fingerprint density at radius 1 is 0.879 bits per heavy atom. The van der Waals surface area contributed by atoms with Gasteiger partial charge >= 0.3 is 0 Å². The van der Waals surface area contributed by atoms with Crippen LogP contribution in [-0.2, 0) is 14.1 Å². The number of aromatic nitrogens is 4. The number of aryl methyl sites for hydroxylation is 3. The van der Waals surface area contributed by atoms with Gasteiger partial charge in [0.1, 0.15) is 0 Å². The second-order valence-corrected chi connectivity index (χ2v) is 8.83. The van der Waals surface area contributed by atoms with Gasteiger partial charge in [0.2, 0.25) is 0 Å². The maximum atomic E-state index is 12.7. The van der Waals surface area contributed by atoms with E-state index < -0.39 is 0 Å². The Hall–Kier alpha value is -3.70. The third kappa shape index (κ3) is 3.85. The molecule has 0 bridgehead atoms. The third-order valence-corrected chi connectivity index (χ3v) is 6.39. The topological polar surface area (TPSA) is 52.7 Å². The van der Waals surface area contributed by atoms with E-state index in [1.165, 1.54) is 0 Å². The number of halogens is 1. The molecule has 0 unspecified atom stereocenters. The molecule has 0 N–H and O–H groups in total. The van der Waals surface area contributed by atoms with Gasteiger partial charge in [-0.2, -0.15) is 0 Å². The average Bonchev–Trinajstić information content (AvgIpc) is 3.23. The van der Waals surface area contributed by atoms with Crippen LogP contribution in [0.15, 0.2) is 84.3 Å². The predicted octanol–water partition coefficient (Wildman–Crippen LogP) is 5.48. The molecule has 0 saturated carbocycles. The number of pyridine rings is 2. The molecule has 3 aromatic heterocycles. The van der Waals surface area contributed by atoms with E-state index in [1.807, 2.05) is 61.7 Å². The van der Waals surface area contributed by atoms with Gasteiger partial charge in [0.05, 0.1) is 17.8 Å². The number of nitrogens with zero attached hydrogens (tertiary/aromatic N) is 4. The molecule has 1 atom stereocenters. The summed E-state index contributed by atoms with van der Waals surface area (Å²) in [5.41, 5.74) is 6.98. The molecule has 5 nitrogen and oxygen atoms in total. The van der Waals surface area contributed by atoms with Crippen molar-refractivity contribution in [3.05, 3.63) is 117 Å². The highest BCUT2D eigenvalue weighted by molar-refractivity contribution is 6.30. The minimum absolute atomic E-state index is 0.0418. The summed E-state index contributed by atoms with van der Waals surface area (Å²) in [6.45, 7) is 2.00. The fourth-order valence-corrected chi connectivity index (χ4v) is 4.56. The molecule has 0 spiro atoms. The summed E-state index contributed by atoms with van der Waals surface area (Å²) >= 11 is 6.17. The van der Waals surface area contributed by atoms with Crippen molar-refractivity contribution >= 4 is 22.5 Å². The second-order valence-electron chi connectivity index (χ2n) is 8.40. The summed E-state index contributed by atoms with van der Waals surface area (Å²) in [5.74, 6) is -0.0418. The van der Waals surface area contributed by atoms with Crippen LogP contribution in [0.1, 0.15) is 28.3 Å². The van der Waals surface area contributed by atoms with Crippen LogP contribution in [0.25, 0.3) is 22.0 Å². The van der Waals surface area contributed by atoms with Crippen LogP contribution in [0.3, 0.4) is 0 Å². The summed E-state index contributed by atoms with van der Waals surface area (Å²) in [6.07, 6.45) is 7.34. The third-order valence-electron chi connectivity index (χ3n) is 6.14. The van der Waals surface area contributed by atoms with E-state index in [0.29, 0.717) is 5.02 Å². The molecule has 6 heteroatoms. The molecule has 164 valence electrons. The molecule has 5 aromatic rings. The van der Waals surface area contributed by atoms with Crippen molar-refractivity contribution in [2.75, 3.05) is 0 Å². The number of imidazole rings is 1. The zero-order valence-electron chi connectivity index (χ0n) is 18.7. The summed E-state index contributed by atoms with van der Waals surface area (Å²) in [7, 11) is 3.81. The van der Waals surface area contributed by atoms with Crippen LogP contribution >= 0.6 is 11.6 Å². The van der Waals surface area contributed by atoms with Crippen molar-refractivity contribution in [3.8, 4) is 11.1 Å². The van der Waals surface area contributed by atoms with Crippen molar-refractivity contribution in [2.45, 2.75) is 12.8 Å². The van der Waals surface area contributed by atoms with Crippen LogP contribution in [-0.4, -0.2) is 19.1 Å². The molecule has 0 aliphatic rings. The molecule has 2 aromatic carbocycles. The van der Waals surface area contributed by atoms with Crippen molar-refractivity contribution in [3.63, 3.8) is 0 Å². The zero-order valence-corrected chi connectivity index (χ0v) is 19.4. The fraction of sp³-hybridized carbons (Fsp3) is 0.148. The number of hydrogen-bond donors (Lipinski definition) is 0. The lowest BCUT2D eigenvalue weighted by molar-refractivity contribution is 0.793. The highest BCUT2D eigenvalue weighted by Crippen LogP contribution is 2.36. The van der Waals surface area contributed by atoms with Gasteiger partial charge in [0, 0.05) is 60.4 Å². The lowest BCUT2D eigenvalue weighted by atomic mass is 9.87. The first-order chi connectivity index (χ1) is 15.9. The maximum Gasteiger partial charge on any atom is 0.251 e. The van der Waals surface area contributed by atoms with Gasteiger partial charge in [-0.25, -0.2) is 4.98 Å². The molecule has 0 fully saturated rings. The summed E-state index contributed by atoms with van der Waals surface area (Å²) in [4.78, 5) is 21.4. The Bertz CT molecular complexity index is 1530. The number of hydrogen-bond acceptors (Lipinski definition) is 3. The first kappa shape index (κ1) is 21.2. The molecule has 33 heavy (non-hydrogen) atoms. The molecule has 0 aliphatic heterocycles. The Morgan fingerprint density at radius 3 is 2.33 bits per heavy atom. The highest BCUT2D eigenvalue weighted by Gasteiger charge is 2.21. The van der Waals surface area contributed by atoms with Gasteiger partial charge in [-0.3, -0.25) is 9.78 Å². The molecular weight excluding hydrogens is 432 g/mol. The quantitative estimate of drug-likeness (QED) is 0.361. The zero-order chi connectivity index (χ0) is 23.1. The molecule has 0 saturated heterocycles. The largest absolute Gasteiger partial charge is 0.337 e. The van der Waals surface area contributed by atoms with Crippen molar-refractivity contribution < 1.29 is 0 Å². The number of rotatable bonds is 4. The van der Waals surface area contributed by atoms with Crippen LogP contribution in [0, 0.1) is 6.92 Å². The maximum absolute atomic E-state index is 12.7. The predicted molar refractivity (Wildman–Crippen MR) is 133 cm³/mol. The number of fused-ring (bicyclic) bond motifs is 1. The van der Waals surface area contributed by atoms with Crippen LogP contribution in [0.4, 0.5) is 0 Å². The summed E-state index contributed by atoms with van der Waals surface area (Å²) in [5, 5.41) is 1.70. The Morgan fingerprint density at radius 2 is 1.64 bits per heavy atom. The highest BCUT2D eigenvalue weighted by atomic mass is 35.5. The minimum atomic E-state index is -0.0485. The standard InChI is InChI=1S/C27H23ClN4O/c1-17-10-20(14-29-13-17)22-12-26(33)32(3)24-9-6-19(11-23(22)24)27(25-15-30-16-31(25)2)18-4-7-21(28)8-5-18/h4-16,27H,1-3H3/t27-/m0/s1. The van der Waals surface area contributed by atoms with Gasteiger partial charge in [-0.05, 0) is 59.5 Å². The normalized spacial score (nSPS) is 12.2. The van der Waals surface area contributed by atoms with Gasteiger partial charge in [-0.1, -0.05) is 29.8 Å². The monoisotopic (exact) mass is 454 g/mol. The van der Waals surface area contributed by atoms with E-state index in [0.717, 1.165) is 44.4 Å². The lowest BCUT2D eigenvalue weighted by Crippen LogP contribution is -2.17. The lowest BCUT2D eigenvalue weighted by Gasteiger charge is -2.20. The molecule has 0 radical (unpaired) electrons. The first-order valence-electron chi connectivity index (χ1n) is 10.7. The van der Waals surface area contributed by atoms with Gasteiger partial charge in [0.15, 0.2) is 0 Å². The van der Waals surface area contributed by atoms with E-state index in [4.69, 9.17) is 11.6 Å². The summed E-state index contributed by atoms with van der Waals surface area (Å²) in [6, 6.07) is 18.0. The van der Waals surface area contributed by atoms with Gasteiger partial charge in [-0.15, -0.1) is 0 Å². The van der Waals surface area contributed by atoms with E-state index in [1.54, 1.807) is 17.7 Å². The first-order valence-corrected chi connectivity index (χ1v) is 11.1. The van der Waals surface area contributed by atoms with E-state index in [9.17, 15) is 4.79 Å². The van der Waals surface area contributed by atoms with Crippen LogP contribution in [0.5, 0.6) is 0 Å². The molecular formula is C27H23ClN4O. The summed E-state index contributed by atoms with van der Waals surface area (Å²) < 4.78 is 3.73. The van der Waals surface area contributed by atoms with E-state index in [-0.39, 0.29) is 11.5 Å². The van der Waals surface area contributed by atoms with Crippen LogP contribution in [0.2, 0.25) is 5.02 Å². The molecule has 3 heterocycles. The van der Waals surface area contributed by atoms with Crippen molar-refractivity contribution in [2.24, 2.45) is 14.1 Å². The Balaban J connectivity index is 1.79. The Kier molecular flexibility index (Phi) is 5.35. The smallest absolute Gasteiger partial charge is 0.251 e. The molecule has 5 rings (SSSR count). The molecule has 0 aliphatic carbocycles. The Labute approximate surface area is 196 Å². The van der Waals surface area contributed by atoms with Gasteiger partial charge in [0.25, 0.3) is 5.56 Å². The minimum Gasteiger partial charge on any atom is -0.337 e. The molecule has 0 amide bonds. The van der Waals surface area contributed by atoms with Crippen molar-refractivity contribution in [1.82, 2.24) is 19.1 Å². The SMILES string of the molecule is Cc1cncc(-c2cc(=O)n(C)c3ccc([C@H](c4ccc(Cl)cc4)c4cncn4C)cc23)c1.